The molecular weight excluding hydrogens is 274 g/mol. The zero-order valence-electron chi connectivity index (χ0n) is 12.9. The van der Waals surface area contributed by atoms with E-state index in [4.69, 9.17) is 26.8 Å². The third-order valence-electron chi connectivity index (χ3n) is 3.34. The highest BCUT2D eigenvalue weighted by Gasteiger charge is 2.17. The maximum atomic E-state index is 6.15. The average molecular weight is 300 g/mol. The van der Waals surface area contributed by atoms with E-state index in [0.717, 1.165) is 37.0 Å². The number of methoxy groups -OCH3 is 1. The van der Waals surface area contributed by atoms with Crippen LogP contribution < -0.4 is 15.2 Å². The Bertz CT molecular complexity index is 423. The molecular formula is C16H26ClNO2. The van der Waals surface area contributed by atoms with Crippen molar-refractivity contribution in [3.63, 3.8) is 0 Å². The highest BCUT2D eigenvalue weighted by atomic mass is 35.5. The van der Waals surface area contributed by atoms with Crippen LogP contribution in [0.4, 0.5) is 0 Å². The maximum Gasteiger partial charge on any atom is 0.164 e. The van der Waals surface area contributed by atoms with Crippen molar-refractivity contribution in [1.29, 1.82) is 0 Å². The molecule has 3 nitrogen and oxygen atoms in total. The van der Waals surface area contributed by atoms with Crippen molar-refractivity contribution in [2.75, 3.05) is 7.11 Å². The first-order valence-corrected chi connectivity index (χ1v) is 7.68. The molecule has 0 heterocycles. The summed E-state index contributed by atoms with van der Waals surface area (Å²) in [5.74, 6) is 1.46. The molecule has 0 bridgehead atoms. The highest BCUT2D eigenvalue weighted by molar-refractivity contribution is 6.30. The molecule has 0 aliphatic carbocycles. The molecule has 114 valence electrons. The van der Waals surface area contributed by atoms with Crippen LogP contribution >= 0.6 is 11.6 Å². The number of benzene rings is 1. The molecule has 2 atom stereocenters. The molecule has 1 aromatic rings. The van der Waals surface area contributed by atoms with E-state index in [1.54, 1.807) is 13.2 Å². The van der Waals surface area contributed by atoms with Gasteiger partial charge in [-0.3, -0.25) is 0 Å². The summed E-state index contributed by atoms with van der Waals surface area (Å²) in [7, 11) is 1.63. The van der Waals surface area contributed by atoms with E-state index < -0.39 is 0 Å². The number of halogens is 1. The minimum atomic E-state index is 0.0991. The monoisotopic (exact) mass is 299 g/mol. The van der Waals surface area contributed by atoms with Crippen LogP contribution in [0.5, 0.6) is 11.5 Å². The molecule has 4 heteroatoms. The average Bonchev–Trinajstić information content (AvgIpc) is 2.41. The second-order valence-electron chi connectivity index (χ2n) is 5.19. The van der Waals surface area contributed by atoms with Gasteiger partial charge in [-0.1, -0.05) is 31.9 Å². The summed E-state index contributed by atoms with van der Waals surface area (Å²) < 4.78 is 11.5. The quantitative estimate of drug-likeness (QED) is 0.782. The molecule has 0 spiro atoms. The van der Waals surface area contributed by atoms with Crippen molar-refractivity contribution in [3.05, 3.63) is 22.7 Å². The smallest absolute Gasteiger partial charge is 0.164 e. The predicted molar refractivity (Wildman–Crippen MR) is 85.0 cm³/mol. The van der Waals surface area contributed by atoms with Crippen LogP contribution in [0.25, 0.3) is 0 Å². The summed E-state index contributed by atoms with van der Waals surface area (Å²) in [6.45, 7) is 6.29. The number of hydrogen-bond acceptors (Lipinski definition) is 3. The number of hydrogen-bond donors (Lipinski definition) is 1. The lowest BCUT2D eigenvalue weighted by atomic mass is 10.0. The Kier molecular flexibility index (Phi) is 7.17. The van der Waals surface area contributed by atoms with E-state index in [0.29, 0.717) is 10.8 Å². The Morgan fingerprint density at radius 3 is 2.55 bits per heavy atom. The van der Waals surface area contributed by atoms with Crippen molar-refractivity contribution in [2.24, 2.45) is 5.73 Å². The van der Waals surface area contributed by atoms with Gasteiger partial charge in [0.2, 0.25) is 0 Å². The predicted octanol–water partition coefficient (Wildman–Crippen LogP) is 4.20. The summed E-state index contributed by atoms with van der Waals surface area (Å²) >= 11 is 6.15. The first-order valence-electron chi connectivity index (χ1n) is 7.30. The van der Waals surface area contributed by atoms with Gasteiger partial charge in [-0.05, 0) is 32.3 Å². The third kappa shape index (κ3) is 4.88. The van der Waals surface area contributed by atoms with Crippen molar-refractivity contribution in [1.82, 2.24) is 0 Å². The van der Waals surface area contributed by atoms with Crippen LogP contribution in [0.1, 0.15) is 45.6 Å². The Labute approximate surface area is 127 Å². The summed E-state index contributed by atoms with van der Waals surface area (Å²) in [5.41, 5.74) is 7.09. The molecule has 0 aliphatic rings. The molecule has 1 aromatic carbocycles. The minimum absolute atomic E-state index is 0.0991. The zero-order chi connectivity index (χ0) is 15.1. The lowest BCUT2D eigenvalue weighted by Gasteiger charge is -2.21. The van der Waals surface area contributed by atoms with Gasteiger partial charge in [-0.2, -0.15) is 0 Å². The van der Waals surface area contributed by atoms with Crippen LogP contribution in [0.15, 0.2) is 12.1 Å². The second kappa shape index (κ2) is 8.38. The largest absolute Gasteiger partial charge is 0.493 e. The van der Waals surface area contributed by atoms with E-state index in [-0.39, 0.29) is 12.1 Å². The Balaban J connectivity index is 3.08. The maximum absolute atomic E-state index is 6.15. The topological polar surface area (TPSA) is 44.5 Å². The van der Waals surface area contributed by atoms with E-state index in [9.17, 15) is 0 Å². The fourth-order valence-corrected chi connectivity index (χ4v) is 2.38. The molecule has 0 fully saturated rings. The molecule has 20 heavy (non-hydrogen) atoms. The van der Waals surface area contributed by atoms with E-state index in [1.807, 2.05) is 6.07 Å². The molecule has 0 aromatic heterocycles. The molecule has 2 unspecified atom stereocenters. The van der Waals surface area contributed by atoms with E-state index in [1.165, 1.54) is 0 Å². The molecule has 0 saturated heterocycles. The number of nitrogens with two attached hydrogens (primary N) is 1. The van der Waals surface area contributed by atoms with Crippen LogP contribution in [0, 0.1) is 0 Å². The highest BCUT2D eigenvalue weighted by Crippen LogP contribution is 2.36. The summed E-state index contributed by atoms with van der Waals surface area (Å²) in [6.07, 6.45) is 3.89. The van der Waals surface area contributed by atoms with Gasteiger partial charge in [0.05, 0.1) is 13.2 Å². The van der Waals surface area contributed by atoms with Gasteiger partial charge in [-0.15, -0.1) is 0 Å². The molecule has 0 radical (unpaired) electrons. The normalized spacial score (nSPS) is 13.9. The second-order valence-corrected chi connectivity index (χ2v) is 5.62. The van der Waals surface area contributed by atoms with E-state index >= 15 is 0 Å². The Morgan fingerprint density at radius 2 is 2.00 bits per heavy atom. The fourth-order valence-electron chi connectivity index (χ4n) is 2.15. The van der Waals surface area contributed by atoms with Crippen LogP contribution in [-0.2, 0) is 6.42 Å². The van der Waals surface area contributed by atoms with E-state index in [2.05, 4.69) is 20.8 Å². The first-order chi connectivity index (χ1) is 9.51. The Hall–Kier alpha value is -0.930. The lowest BCUT2D eigenvalue weighted by Crippen LogP contribution is -2.22. The van der Waals surface area contributed by atoms with Crippen molar-refractivity contribution in [3.8, 4) is 11.5 Å². The lowest BCUT2D eigenvalue weighted by molar-refractivity contribution is 0.198. The van der Waals surface area contributed by atoms with Crippen molar-refractivity contribution < 1.29 is 9.47 Å². The molecule has 2 N–H and O–H groups in total. The zero-order valence-corrected chi connectivity index (χ0v) is 13.7. The number of ether oxygens (including phenoxy) is 2. The van der Waals surface area contributed by atoms with Crippen LogP contribution in [0.2, 0.25) is 5.02 Å². The molecule has 1 rings (SSSR count). The Morgan fingerprint density at radius 1 is 1.30 bits per heavy atom. The SMILES string of the molecule is CCCC(C)Oc1c(CC(N)CC)cc(Cl)cc1OC. The standard InChI is InChI=1S/C16H26ClNO2/c1-5-7-11(3)20-16-12(9-14(18)6-2)8-13(17)10-15(16)19-4/h8,10-11,14H,5-7,9,18H2,1-4H3. The summed E-state index contributed by atoms with van der Waals surface area (Å²) in [6, 6.07) is 3.81. The molecule has 0 amide bonds. The van der Waals surface area contributed by atoms with Crippen LogP contribution in [0.3, 0.4) is 0 Å². The summed E-state index contributed by atoms with van der Waals surface area (Å²) in [4.78, 5) is 0. The molecule has 0 saturated carbocycles. The van der Waals surface area contributed by atoms with Crippen molar-refractivity contribution >= 4 is 11.6 Å². The van der Waals surface area contributed by atoms with Gasteiger partial charge in [0.25, 0.3) is 0 Å². The molecule has 0 aliphatic heterocycles. The van der Waals surface area contributed by atoms with Gasteiger partial charge >= 0.3 is 0 Å². The number of rotatable bonds is 8. The van der Waals surface area contributed by atoms with Gasteiger partial charge < -0.3 is 15.2 Å². The van der Waals surface area contributed by atoms with Gasteiger partial charge in [0.1, 0.15) is 0 Å². The van der Waals surface area contributed by atoms with Crippen molar-refractivity contribution in [2.45, 2.75) is 58.6 Å². The van der Waals surface area contributed by atoms with Gasteiger partial charge in [-0.25, -0.2) is 0 Å². The van der Waals surface area contributed by atoms with Gasteiger partial charge in [0.15, 0.2) is 11.5 Å². The third-order valence-corrected chi connectivity index (χ3v) is 3.56. The minimum Gasteiger partial charge on any atom is -0.493 e. The van der Waals surface area contributed by atoms with Crippen LogP contribution in [-0.4, -0.2) is 19.3 Å². The fraction of sp³-hybridized carbons (Fsp3) is 0.625. The first kappa shape index (κ1) is 17.1. The van der Waals surface area contributed by atoms with Gasteiger partial charge in [0, 0.05) is 22.7 Å². The summed E-state index contributed by atoms with van der Waals surface area (Å²) in [5, 5.41) is 0.649.